The van der Waals surface area contributed by atoms with Gasteiger partial charge in [0.2, 0.25) is 0 Å². The lowest BCUT2D eigenvalue weighted by Gasteiger charge is -2.08. The van der Waals surface area contributed by atoms with E-state index >= 15 is 0 Å². The quantitative estimate of drug-likeness (QED) is 0.323. The molecule has 1 aliphatic carbocycles. The van der Waals surface area contributed by atoms with Crippen molar-refractivity contribution in [2.24, 2.45) is 5.92 Å². The highest BCUT2D eigenvalue weighted by atomic mass is 19.1. The number of aromatic nitrogens is 3. The van der Waals surface area contributed by atoms with Gasteiger partial charge in [-0.3, -0.25) is 9.20 Å². The first kappa shape index (κ1) is 25.7. The summed E-state index contributed by atoms with van der Waals surface area (Å²) in [6.45, 7) is 6.05. The maximum absolute atomic E-state index is 13.4. The second kappa shape index (κ2) is 12.0. The summed E-state index contributed by atoms with van der Waals surface area (Å²) in [5, 5.41) is 6.89. The number of hydrogen-bond donors (Lipinski definition) is 2. The number of nitrogen functional groups attached to an aromatic ring is 1. The summed E-state index contributed by atoms with van der Waals surface area (Å²) in [7, 11) is 0. The fourth-order valence-electron chi connectivity index (χ4n) is 4.37. The number of halogens is 1. The number of imidazole rings is 1. The van der Waals surface area contributed by atoms with E-state index in [0.29, 0.717) is 29.2 Å². The van der Waals surface area contributed by atoms with Crippen LogP contribution in [0.25, 0.3) is 16.8 Å². The van der Waals surface area contributed by atoms with Crippen LogP contribution in [0.15, 0.2) is 60.9 Å². The van der Waals surface area contributed by atoms with Crippen LogP contribution >= 0.6 is 0 Å². The summed E-state index contributed by atoms with van der Waals surface area (Å²) in [5.74, 6) is 3.43. The van der Waals surface area contributed by atoms with Crippen molar-refractivity contribution < 1.29 is 19.0 Å². The number of nitrogens with zero attached hydrogens (tertiary/aromatic N) is 3. The highest BCUT2D eigenvalue weighted by molar-refractivity contribution is 5.85. The molecule has 1 fully saturated rings. The van der Waals surface area contributed by atoms with Gasteiger partial charge in [0.1, 0.15) is 40.2 Å². The minimum Gasteiger partial charge on any atom is -0.483 e. The van der Waals surface area contributed by atoms with Crippen LogP contribution in [0.5, 0.6) is 11.5 Å². The van der Waals surface area contributed by atoms with Gasteiger partial charge >= 0.3 is 0 Å². The van der Waals surface area contributed by atoms with Crippen molar-refractivity contribution in [3.63, 3.8) is 0 Å². The van der Waals surface area contributed by atoms with E-state index in [-0.39, 0.29) is 12.3 Å². The van der Waals surface area contributed by atoms with E-state index in [9.17, 15) is 4.39 Å². The summed E-state index contributed by atoms with van der Waals surface area (Å²) in [5.41, 5.74) is 8.85. The van der Waals surface area contributed by atoms with Crippen LogP contribution in [0.4, 0.5) is 10.2 Å². The Morgan fingerprint density at radius 2 is 1.86 bits per heavy atom. The van der Waals surface area contributed by atoms with Crippen molar-refractivity contribution in [2.75, 3.05) is 5.73 Å². The molecule has 2 atom stereocenters. The Kier molecular flexibility index (Phi) is 8.78. The van der Waals surface area contributed by atoms with Gasteiger partial charge in [0.25, 0.3) is 6.47 Å². The van der Waals surface area contributed by atoms with E-state index in [0.717, 1.165) is 35.4 Å². The molecule has 2 aromatic carbocycles. The van der Waals surface area contributed by atoms with Crippen molar-refractivity contribution >= 4 is 17.8 Å². The molecule has 0 spiro atoms. The second-order valence-electron chi connectivity index (χ2n) is 8.15. The number of ether oxygens (including phenoxy) is 1. The van der Waals surface area contributed by atoms with Gasteiger partial charge in [0.15, 0.2) is 0 Å². The van der Waals surface area contributed by atoms with Gasteiger partial charge in [-0.1, -0.05) is 26.8 Å². The normalized spacial score (nSPS) is 16.6. The summed E-state index contributed by atoms with van der Waals surface area (Å²) in [6, 6.07) is 13.7. The third-order valence-electron chi connectivity index (χ3n) is 5.83. The Labute approximate surface area is 204 Å². The SMILES string of the molecule is CC.CC1CCC(c2nc(-c3ccc(Oc4cccc(F)c4)cc3)c3c(N)nccn23)C1.O=CO. The van der Waals surface area contributed by atoms with E-state index in [1.54, 1.807) is 18.3 Å². The molecule has 2 aromatic heterocycles. The van der Waals surface area contributed by atoms with Crippen molar-refractivity contribution in [3.05, 3.63) is 72.6 Å². The molecule has 8 heteroatoms. The molecule has 3 N–H and O–H groups in total. The number of hydrogen-bond acceptors (Lipinski definition) is 5. The number of anilines is 1. The molecule has 1 aliphatic rings. The van der Waals surface area contributed by atoms with Gasteiger partial charge in [-0.25, -0.2) is 14.4 Å². The van der Waals surface area contributed by atoms with Crippen LogP contribution in [0.3, 0.4) is 0 Å². The molecule has 2 heterocycles. The number of carbonyl (C=O) groups is 1. The molecule has 1 saturated carbocycles. The van der Waals surface area contributed by atoms with Crippen LogP contribution in [0, 0.1) is 11.7 Å². The van der Waals surface area contributed by atoms with Crippen molar-refractivity contribution in [2.45, 2.75) is 46.0 Å². The topological polar surface area (TPSA) is 103 Å². The van der Waals surface area contributed by atoms with E-state index in [2.05, 4.69) is 16.3 Å². The smallest absolute Gasteiger partial charge is 0.290 e. The zero-order chi connectivity index (χ0) is 25.4. The summed E-state index contributed by atoms with van der Waals surface area (Å²) >= 11 is 0. The van der Waals surface area contributed by atoms with Gasteiger partial charge in [-0.15, -0.1) is 0 Å². The molecular formula is C27H31FN4O3. The Bertz CT molecular complexity index is 1260. The molecule has 0 saturated heterocycles. The van der Waals surface area contributed by atoms with Gasteiger partial charge in [-0.05, 0) is 61.6 Å². The molecular weight excluding hydrogens is 447 g/mol. The van der Waals surface area contributed by atoms with Crippen LogP contribution in [0.2, 0.25) is 0 Å². The largest absolute Gasteiger partial charge is 0.483 e. The van der Waals surface area contributed by atoms with Crippen LogP contribution in [0.1, 0.15) is 51.8 Å². The van der Waals surface area contributed by atoms with Gasteiger partial charge in [0.05, 0.1) is 0 Å². The average Bonchev–Trinajstić information content (AvgIpc) is 3.46. The molecule has 5 rings (SSSR count). The number of rotatable bonds is 4. The molecule has 2 unspecified atom stereocenters. The predicted molar refractivity (Wildman–Crippen MR) is 135 cm³/mol. The number of carboxylic acid groups (broad SMARTS) is 1. The Balaban J connectivity index is 0.000000638. The van der Waals surface area contributed by atoms with Gasteiger partial charge in [-0.2, -0.15) is 0 Å². The third kappa shape index (κ3) is 5.95. The fraction of sp³-hybridized carbons (Fsp3) is 0.296. The van der Waals surface area contributed by atoms with E-state index < -0.39 is 0 Å². The number of benzene rings is 2. The van der Waals surface area contributed by atoms with E-state index in [4.69, 9.17) is 25.4 Å². The zero-order valence-corrected chi connectivity index (χ0v) is 20.2. The average molecular weight is 479 g/mol. The standard InChI is InChI=1S/C24H23FN4O.C2H6.CH2O2/c1-15-5-6-17(13-15)24-28-21(22-23(26)27-11-12-29(22)24)16-7-9-19(10-8-16)30-20-4-2-3-18(25)14-20;1-2;2-1-3/h2-4,7-12,14-15,17H,5-6,13H2,1H3,(H2,26,27);1-2H3;1H,(H,2,3). The van der Waals surface area contributed by atoms with Crippen molar-refractivity contribution in [1.82, 2.24) is 14.4 Å². The molecule has 0 radical (unpaired) electrons. The van der Waals surface area contributed by atoms with Crippen LogP contribution in [-0.4, -0.2) is 25.9 Å². The number of nitrogens with two attached hydrogens (primary N) is 1. The molecule has 0 bridgehead atoms. The fourth-order valence-corrected chi connectivity index (χ4v) is 4.37. The Hall–Kier alpha value is -3.94. The zero-order valence-electron chi connectivity index (χ0n) is 20.2. The lowest BCUT2D eigenvalue weighted by Crippen LogP contribution is -2.02. The van der Waals surface area contributed by atoms with Crippen LogP contribution < -0.4 is 10.5 Å². The Morgan fingerprint density at radius 3 is 2.49 bits per heavy atom. The molecule has 4 aromatic rings. The monoisotopic (exact) mass is 478 g/mol. The lowest BCUT2D eigenvalue weighted by molar-refractivity contribution is -0.122. The predicted octanol–water partition coefficient (Wildman–Crippen LogP) is 6.54. The molecule has 35 heavy (non-hydrogen) atoms. The maximum Gasteiger partial charge on any atom is 0.290 e. The highest BCUT2D eigenvalue weighted by Crippen LogP contribution is 2.40. The van der Waals surface area contributed by atoms with Crippen molar-refractivity contribution in [1.29, 1.82) is 0 Å². The molecule has 0 aliphatic heterocycles. The minimum absolute atomic E-state index is 0.250. The number of fused-ring (bicyclic) bond motifs is 1. The first-order valence-electron chi connectivity index (χ1n) is 11.7. The Morgan fingerprint density at radius 1 is 1.14 bits per heavy atom. The lowest BCUT2D eigenvalue weighted by atomic mass is 10.1. The van der Waals surface area contributed by atoms with Crippen LogP contribution in [-0.2, 0) is 4.79 Å². The van der Waals surface area contributed by atoms with E-state index in [1.165, 1.54) is 18.6 Å². The van der Waals surface area contributed by atoms with Crippen molar-refractivity contribution in [3.8, 4) is 22.8 Å². The molecule has 7 nitrogen and oxygen atoms in total. The maximum atomic E-state index is 13.4. The molecule has 0 amide bonds. The first-order chi connectivity index (χ1) is 17.0. The highest BCUT2D eigenvalue weighted by Gasteiger charge is 2.28. The van der Waals surface area contributed by atoms with Gasteiger partial charge < -0.3 is 15.6 Å². The minimum atomic E-state index is -0.328. The summed E-state index contributed by atoms with van der Waals surface area (Å²) in [4.78, 5) is 17.7. The van der Waals surface area contributed by atoms with E-state index in [1.807, 2.05) is 44.3 Å². The summed E-state index contributed by atoms with van der Waals surface area (Å²) < 4.78 is 21.2. The van der Waals surface area contributed by atoms with Gasteiger partial charge in [0, 0.05) is 29.9 Å². The second-order valence-corrected chi connectivity index (χ2v) is 8.15. The first-order valence-corrected chi connectivity index (χ1v) is 11.7. The molecule has 184 valence electrons. The third-order valence-corrected chi connectivity index (χ3v) is 5.83. The summed E-state index contributed by atoms with van der Waals surface area (Å²) in [6.07, 6.45) is 7.18.